The maximum absolute atomic E-state index is 13.1. The lowest BCUT2D eigenvalue weighted by Gasteiger charge is -2.15. The Kier molecular flexibility index (Phi) is 4.17. The van der Waals surface area contributed by atoms with Crippen molar-refractivity contribution in [2.75, 3.05) is 5.32 Å². The largest absolute Gasteiger partial charge is 0.324 e. The molecule has 1 N–H and O–H groups in total. The zero-order valence-corrected chi connectivity index (χ0v) is 13.2. The molecule has 7 heteroatoms. The summed E-state index contributed by atoms with van der Waals surface area (Å²) in [5.74, 6) is -0.601. The number of nitrogens with zero attached hydrogens (tertiary/aromatic N) is 2. The lowest BCUT2D eigenvalue weighted by atomic mass is 10.2. The van der Waals surface area contributed by atoms with Crippen molar-refractivity contribution in [3.63, 3.8) is 0 Å². The second-order valence-electron chi connectivity index (χ2n) is 5.61. The van der Waals surface area contributed by atoms with Crippen LogP contribution in [0.2, 0.25) is 5.02 Å². The molecule has 0 aliphatic heterocycles. The van der Waals surface area contributed by atoms with E-state index in [9.17, 15) is 14.0 Å². The summed E-state index contributed by atoms with van der Waals surface area (Å²) in [6, 6.07) is 6.24. The summed E-state index contributed by atoms with van der Waals surface area (Å²) in [6.45, 7) is 1.59. The van der Waals surface area contributed by atoms with Crippen LogP contribution in [0.3, 0.4) is 0 Å². The highest BCUT2D eigenvalue weighted by atomic mass is 35.5. The van der Waals surface area contributed by atoms with E-state index in [1.165, 1.54) is 28.9 Å². The number of benzene rings is 1. The number of carbonyl (C=O) groups excluding carboxylic acids is 1. The first-order valence-corrected chi connectivity index (χ1v) is 7.69. The summed E-state index contributed by atoms with van der Waals surface area (Å²) < 4.78 is 14.3. The van der Waals surface area contributed by atoms with Gasteiger partial charge in [-0.3, -0.25) is 9.59 Å². The monoisotopic (exact) mass is 335 g/mol. The molecule has 0 unspecified atom stereocenters. The average Bonchev–Trinajstić information content (AvgIpc) is 3.35. The Morgan fingerprint density at radius 3 is 2.78 bits per heavy atom. The van der Waals surface area contributed by atoms with Crippen LogP contribution >= 0.6 is 11.6 Å². The van der Waals surface area contributed by atoms with E-state index >= 15 is 0 Å². The van der Waals surface area contributed by atoms with Crippen molar-refractivity contribution in [2.24, 2.45) is 0 Å². The van der Waals surface area contributed by atoms with Crippen LogP contribution in [0.25, 0.3) is 0 Å². The molecule has 1 fully saturated rings. The molecule has 1 aliphatic carbocycles. The van der Waals surface area contributed by atoms with Crippen molar-refractivity contribution in [3.8, 4) is 0 Å². The highest BCUT2D eigenvalue weighted by Crippen LogP contribution is 2.38. The van der Waals surface area contributed by atoms with E-state index in [4.69, 9.17) is 11.6 Å². The normalized spacial score (nSPS) is 15.3. The van der Waals surface area contributed by atoms with Gasteiger partial charge in [-0.2, -0.15) is 5.10 Å². The molecule has 1 heterocycles. The van der Waals surface area contributed by atoms with Crippen LogP contribution in [0.4, 0.5) is 10.1 Å². The van der Waals surface area contributed by atoms with Crippen molar-refractivity contribution >= 4 is 23.2 Å². The Morgan fingerprint density at radius 1 is 1.39 bits per heavy atom. The van der Waals surface area contributed by atoms with E-state index in [1.807, 2.05) is 0 Å². The topological polar surface area (TPSA) is 64.0 Å². The molecule has 1 amide bonds. The first-order chi connectivity index (χ1) is 11.0. The van der Waals surface area contributed by atoms with Crippen LogP contribution in [-0.4, -0.2) is 15.7 Å². The minimum absolute atomic E-state index is 0.0820. The third-order valence-corrected chi connectivity index (χ3v) is 4.06. The molecular formula is C16H15ClFN3O2. The van der Waals surface area contributed by atoms with Gasteiger partial charge in [0.15, 0.2) is 0 Å². The fourth-order valence-corrected chi connectivity index (χ4v) is 2.43. The van der Waals surface area contributed by atoms with Gasteiger partial charge in [0.2, 0.25) is 5.91 Å². The lowest BCUT2D eigenvalue weighted by molar-refractivity contribution is -0.119. The predicted molar refractivity (Wildman–Crippen MR) is 85.2 cm³/mol. The van der Waals surface area contributed by atoms with E-state index in [0.717, 1.165) is 18.5 Å². The number of hydrogen-bond donors (Lipinski definition) is 1. The van der Waals surface area contributed by atoms with Crippen molar-refractivity contribution in [2.45, 2.75) is 31.7 Å². The summed E-state index contributed by atoms with van der Waals surface area (Å²) in [7, 11) is 0. The molecule has 0 saturated heterocycles. The maximum atomic E-state index is 13.1. The predicted octanol–water partition coefficient (Wildman–Crippen LogP) is 3.11. The van der Waals surface area contributed by atoms with E-state index in [-0.39, 0.29) is 10.6 Å². The summed E-state index contributed by atoms with van der Waals surface area (Å²) in [5.41, 5.74) is 0.850. The van der Waals surface area contributed by atoms with Gasteiger partial charge in [0.05, 0.1) is 10.7 Å². The minimum atomic E-state index is -0.787. The van der Waals surface area contributed by atoms with E-state index < -0.39 is 17.8 Å². The van der Waals surface area contributed by atoms with Crippen LogP contribution in [0.1, 0.15) is 37.4 Å². The average molecular weight is 336 g/mol. The first kappa shape index (κ1) is 15.7. The fourth-order valence-electron chi connectivity index (χ4n) is 2.25. The van der Waals surface area contributed by atoms with Gasteiger partial charge in [0.1, 0.15) is 11.9 Å². The second-order valence-corrected chi connectivity index (χ2v) is 6.02. The number of carbonyl (C=O) groups is 1. The molecule has 120 valence electrons. The smallest absolute Gasteiger partial charge is 0.267 e. The molecule has 1 aromatic carbocycles. The standard InChI is InChI=1S/C16H15ClFN3O2/c1-9(16(23)19-11-4-5-13(18)12(17)8-11)21-15(22)7-6-14(20-21)10-2-3-10/h4-10H,2-3H2,1H3,(H,19,23)/t9-/m0/s1. The number of rotatable bonds is 4. The van der Waals surface area contributed by atoms with Crippen LogP contribution in [0, 0.1) is 5.82 Å². The third-order valence-electron chi connectivity index (χ3n) is 3.77. The quantitative estimate of drug-likeness (QED) is 0.933. The number of aromatic nitrogens is 2. The van der Waals surface area contributed by atoms with Crippen molar-refractivity contribution < 1.29 is 9.18 Å². The summed E-state index contributed by atoms with van der Waals surface area (Å²) in [6.07, 6.45) is 2.11. The Morgan fingerprint density at radius 2 is 2.13 bits per heavy atom. The van der Waals surface area contributed by atoms with Crippen molar-refractivity contribution in [1.82, 2.24) is 9.78 Å². The molecule has 1 saturated carbocycles. The molecule has 0 bridgehead atoms. The third kappa shape index (κ3) is 3.42. The number of amides is 1. The van der Waals surface area contributed by atoms with Gasteiger partial charge in [-0.05, 0) is 44.0 Å². The maximum Gasteiger partial charge on any atom is 0.267 e. The van der Waals surface area contributed by atoms with Gasteiger partial charge < -0.3 is 5.32 Å². The van der Waals surface area contributed by atoms with E-state index in [0.29, 0.717) is 11.6 Å². The molecule has 3 rings (SSSR count). The summed E-state index contributed by atoms with van der Waals surface area (Å²) in [4.78, 5) is 24.3. The van der Waals surface area contributed by atoms with E-state index in [1.54, 1.807) is 13.0 Å². The number of halogens is 2. The molecule has 1 aliphatic rings. The molecule has 5 nitrogen and oxygen atoms in total. The first-order valence-electron chi connectivity index (χ1n) is 7.31. The second kappa shape index (κ2) is 6.12. The molecule has 2 aromatic rings. The Bertz CT molecular complexity index is 817. The van der Waals surface area contributed by atoms with Crippen molar-refractivity contribution in [3.05, 3.63) is 57.2 Å². The number of anilines is 1. The molecular weight excluding hydrogens is 321 g/mol. The van der Waals surface area contributed by atoms with Gasteiger partial charge >= 0.3 is 0 Å². The van der Waals surface area contributed by atoms with Gasteiger partial charge in [0, 0.05) is 17.7 Å². The van der Waals surface area contributed by atoms with Gasteiger partial charge in [-0.25, -0.2) is 9.07 Å². The minimum Gasteiger partial charge on any atom is -0.324 e. The molecule has 0 spiro atoms. The highest BCUT2D eigenvalue weighted by Gasteiger charge is 2.27. The van der Waals surface area contributed by atoms with Crippen LogP contribution in [0.5, 0.6) is 0 Å². The van der Waals surface area contributed by atoms with E-state index in [2.05, 4.69) is 10.4 Å². The molecule has 0 radical (unpaired) electrons. The summed E-state index contributed by atoms with van der Waals surface area (Å²) in [5, 5.41) is 6.81. The van der Waals surface area contributed by atoms with Crippen LogP contribution in [-0.2, 0) is 4.79 Å². The summed E-state index contributed by atoms with van der Waals surface area (Å²) >= 11 is 5.69. The Labute approximate surface area is 137 Å². The molecule has 1 aromatic heterocycles. The van der Waals surface area contributed by atoms with Crippen LogP contribution < -0.4 is 10.9 Å². The van der Waals surface area contributed by atoms with Gasteiger partial charge in [-0.15, -0.1) is 0 Å². The Balaban J connectivity index is 1.80. The Hall–Kier alpha value is -2.21. The highest BCUT2D eigenvalue weighted by molar-refractivity contribution is 6.31. The van der Waals surface area contributed by atoms with Crippen molar-refractivity contribution in [1.29, 1.82) is 0 Å². The molecule has 23 heavy (non-hydrogen) atoms. The zero-order valence-electron chi connectivity index (χ0n) is 12.4. The van der Waals surface area contributed by atoms with Gasteiger partial charge in [0.25, 0.3) is 5.56 Å². The van der Waals surface area contributed by atoms with Crippen LogP contribution in [0.15, 0.2) is 35.1 Å². The molecule has 1 atom stereocenters. The lowest BCUT2D eigenvalue weighted by Crippen LogP contribution is -2.33. The number of hydrogen-bond acceptors (Lipinski definition) is 3. The van der Waals surface area contributed by atoms with Gasteiger partial charge in [-0.1, -0.05) is 11.6 Å². The zero-order chi connectivity index (χ0) is 16.6. The fraction of sp³-hybridized carbons (Fsp3) is 0.312. The SMILES string of the molecule is C[C@@H](C(=O)Nc1ccc(F)c(Cl)c1)n1nc(C2CC2)ccc1=O. The number of nitrogens with one attached hydrogen (secondary N) is 1.